The first-order valence-electron chi connectivity index (χ1n) is 14.4. The second-order valence-corrected chi connectivity index (χ2v) is 13.5. The molecular weight excluding hydrogens is 489 g/mol. The van der Waals surface area contributed by atoms with E-state index < -0.39 is 8.45 Å². The molecule has 0 amide bonds. The van der Waals surface area contributed by atoms with Crippen LogP contribution >= 0.6 is 20.2 Å². The average molecular weight is 550 g/mol. The van der Waals surface area contributed by atoms with Crippen molar-refractivity contribution in [2.24, 2.45) is 0 Å². The molecule has 0 rings (SSSR count). The predicted molar refractivity (Wildman–Crippen MR) is 161 cm³/mol. The number of nitrogens with zero attached hydrogens (tertiary/aromatic N) is 2. The quantitative estimate of drug-likeness (QED) is 0.0839. The summed E-state index contributed by atoms with van der Waals surface area (Å²) in [5, 5.41) is 3.97. The van der Waals surface area contributed by atoms with Crippen LogP contribution in [-0.2, 0) is 14.1 Å². The maximum Gasteiger partial charge on any atom is 0.191 e. The van der Waals surface area contributed by atoms with Gasteiger partial charge in [0.25, 0.3) is 0 Å². The summed E-state index contributed by atoms with van der Waals surface area (Å²) < 4.78 is 17.2. The minimum Gasteiger partial charge on any atom is -0.368 e. The van der Waals surface area contributed by atoms with E-state index in [1.54, 1.807) is 0 Å². The molecule has 6 nitrogen and oxygen atoms in total. The van der Waals surface area contributed by atoms with Gasteiger partial charge in [-0.3, -0.25) is 4.79 Å². The van der Waals surface area contributed by atoms with E-state index in [1.165, 1.54) is 31.0 Å². The van der Waals surface area contributed by atoms with E-state index in [1.807, 2.05) is 0 Å². The van der Waals surface area contributed by atoms with Crippen molar-refractivity contribution in [1.29, 1.82) is 0 Å². The third-order valence-corrected chi connectivity index (χ3v) is 10.7. The standard InChI is InChI=1S/C28H60N3O3PS/c1-12-28(13-2,14-3)29-19-17-15-16-18-27(32)36-22-33-20-21-34-35(30(23(4)5)24(6)7)31(25(8)9)26(10)11/h23-26,29H,12-22H2,1-11H3. The smallest absolute Gasteiger partial charge is 0.191 e. The summed E-state index contributed by atoms with van der Waals surface area (Å²) in [7, 11) is -0.895. The Kier molecular flexibility index (Phi) is 20.3. The zero-order chi connectivity index (χ0) is 27.7. The van der Waals surface area contributed by atoms with E-state index in [4.69, 9.17) is 9.26 Å². The summed E-state index contributed by atoms with van der Waals surface area (Å²) in [6.45, 7) is 26.8. The summed E-state index contributed by atoms with van der Waals surface area (Å²) in [5.41, 5.74) is 0.289. The van der Waals surface area contributed by atoms with E-state index >= 15 is 0 Å². The van der Waals surface area contributed by atoms with Gasteiger partial charge in [-0.15, -0.1) is 0 Å². The molecule has 0 aromatic rings. The van der Waals surface area contributed by atoms with Crippen LogP contribution < -0.4 is 5.32 Å². The predicted octanol–water partition coefficient (Wildman–Crippen LogP) is 7.82. The van der Waals surface area contributed by atoms with Crippen LogP contribution in [0.4, 0.5) is 0 Å². The number of carbonyl (C=O) groups is 1. The lowest BCUT2D eigenvalue weighted by Crippen LogP contribution is -2.44. The molecule has 0 saturated carbocycles. The molecule has 0 fully saturated rings. The highest BCUT2D eigenvalue weighted by Crippen LogP contribution is 2.50. The number of rotatable bonds is 22. The molecular formula is C28H60N3O3PS. The number of carbonyl (C=O) groups excluding carboxylic acids is 1. The normalized spacial score (nSPS) is 13.1. The molecule has 0 atom stereocenters. The zero-order valence-electron chi connectivity index (χ0n) is 25.6. The Bertz CT molecular complexity index is 516. The first-order chi connectivity index (χ1) is 17.0. The molecule has 0 saturated heterocycles. The maximum absolute atomic E-state index is 12.2. The Hall–Kier alpha value is 0.250. The van der Waals surface area contributed by atoms with Crippen molar-refractivity contribution < 1.29 is 14.1 Å². The topological polar surface area (TPSA) is 54.0 Å². The number of thioether (sulfide) groups is 1. The van der Waals surface area contributed by atoms with Gasteiger partial charge in [0.05, 0.1) is 19.2 Å². The largest absolute Gasteiger partial charge is 0.368 e. The summed E-state index contributed by atoms with van der Waals surface area (Å²) in [6, 6.07) is 1.59. The van der Waals surface area contributed by atoms with Gasteiger partial charge in [-0.25, -0.2) is 9.34 Å². The second kappa shape index (κ2) is 20.2. The summed E-state index contributed by atoms with van der Waals surface area (Å²) in [6.07, 6.45) is 7.32. The second-order valence-electron chi connectivity index (χ2n) is 10.8. The van der Waals surface area contributed by atoms with Gasteiger partial charge in [-0.1, -0.05) is 39.0 Å². The van der Waals surface area contributed by atoms with Crippen LogP contribution in [-0.4, -0.2) is 69.9 Å². The van der Waals surface area contributed by atoms with Crippen LogP contribution in [0.2, 0.25) is 0 Å². The fourth-order valence-electron chi connectivity index (χ4n) is 4.70. The van der Waals surface area contributed by atoms with Crippen molar-refractivity contribution in [2.45, 2.75) is 151 Å². The fraction of sp³-hybridized carbons (Fsp3) is 0.964. The van der Waals surface area contributed by atoms with Gasteiger partial charge < -0.3 is 14.6 Å². The molecule has 0 heterocycles. The molecule has 0 aliphatic rings. The van der Waals surface area contributed by atoms with E-state index in [2.05, 4.69) is 90.8 Å². The summed E-state index contributed by atoms with van der Waals surface area (Å²) in [5.74, 6) is 0.407. The van der Waals surface area contributed by atoms with Gasteiger partial charge in [0.2, 0.25) is 0 Å². The average Bonchev–Trinajstić information content (AvgIpc) is 2.80. The van der Waals surface area contributed by atoms with Crippen molar-refractivity contribution in [3.8, 4) is 0 Å². The van der Waals surface area contributed by atoms with Gasteiger partial charge in [0.15, 0.2) is 13.6 Å². The van der Waals surface area contributed by atoms with Crippen LogP contribution in [0.5, 0.6) is 0 Å². The van der Waals surface area contributed by atoms with Crippen LogP contribution in [0, 0.1) is 0 Å². The van der Waals surface area contributed by atoms with Crippen LogP contribution in [0.3, 0.4) is 0 Å². The summed E-state index contributed by atoms with van der Waals surface area (Å²) >= 11 is 1.30. The molecule has 0 aliphatic heterocycles. The van der Waals surface area contributed by atoms with Gasteiger partial charge in [0.1, 0.15) is 0 Å². The molecule has 1 N–H and O–H groups in total. The highest BCUT2D eigenvalue weighted by molar-refractivity contribution is 8.13. The van der Waals surface area contributed by atoms with E-state index in [-0.39, 0.29) is 10.7 Å². The monoisotopic (exact) mass is 549 g/mol. The Morgan fingerprint density at radius 1 is 0.806 bits per heavy atom. The van der Waals surface area contributed by atoms with Crippen molar-refractivity contribution in [1.82, 2.24) is 14.7 Å². The maximum atomic E-state index is 12.2. The van der Waals surface area contributed by atoms with Gasteiger partial charge in [-0.05, 0) is 94.0 Å². The molecule has 0 aromatic heterocycles. The van der Waals surface area contributed by atoms with Gasteiger partial charge >= 0.3 is 0 Å². The van der Waals surface area contributed by atoms with Crippen molar-refractivity contribution in [3.05, 3.63) is 0 Å². The first-order valence-corrected chi connectivity index (χ1v) is 16.6. The third kappa shape index (κ3) is 13.9. The molecule has 0 bridgehead atoms. The van der Waals surface area contributed by atoms with E-state index in [0.29, 0.717) is 49.7 Å². The molecule has 0 spiro atoms. The first kappa shape index (κ1) is 36.2. The molecule has 36 heavy (non-hydrogen) atoms. The van der Waals surface area contributed by atoms with Crippen molar-refractivity contribution >= 4 is 25.3 Å². The number of nitrogens with one attached hydrogen (secondary N) is 1. The molecule has 0 radical (unpaired) electrons. The summed E-state index contributed by atoms with van der Waals surface area (Å²) in [4.78, 5) is 12.2. The number of unbranched alkanes of at least 4 members (excludes halogenated alkanes) is 2. The van der Waals surface area contributed by atoms with Crippen molar-refractivity contribution in [2.75, 3.05) is 25.7 Å². The lowest BCUT2D eigenvalue weighted by Gasteiger charge is -2.45. The minimum absolute atomic E-state index is 0.229. The lowest BCUT2D eigenvalue weighted by atomic mass is 9.89. The SMILES string of the molecule is CCC(CC)(CC)NCCCCCC(=O)SCOCCOP(N(C(C)C)C(C)C)N(C(C)C)C(C)C. The Morgan fingerprint density at radius 2 is 1.31 bits per heavy atom. The van der Waals surface area contributed by atoms with Crippen LogP contribution in [0.15, 0.2) is 0 Å². The lowest BCUT2D eigenvalue weighted by molar-refractivity contribution is -0.111. The molecule has 0 aromatic carbocycles. The number of hydrogen-bond acceptors (Lipinski definition) is 7. The van der Waals surface area contributed by atoms with Gasteiger partial charge in [0, 0.05) is 36.1 Å². The van der Waals surface area contributed by atoms with Crippen LogP contribution in [0.1, 0.15) is 121 Å². The number of hydrogen-bond donors (Lipinski definition) is 1. The molecule has 0 unspecified atom stereocenters. The molecule has 216 valence electrons. The molecule has 0 aliphatic carbocycles. The molecule has 8 heteroatoms. The third-order valence-electron chi connectivity index (χ3n) is 6.84. The highest BCUT2D eigenvalue weighted by Gasteiger charge is 2.34. The minimum atomic E-state index is -0.895. The Morgan fingerprint density at radius 3 is 1.75 bits per heavy atom. The highest BCUT2D eigenvalue weighted by atomic mass is 32.2. The fourth-order valence-corrected chi connectivity index (χ4v) is 7.65. The Balaban J connectivity index is 4.31. The van der Waals surface area contributed by atoms with Crippen LogP contribution in [0.25, 0.3) is 0 Å². The van der Waals surface area contributed by atoms with Crippen molar-refractivity contribution in [3.63, 3.8) is 0 Å². The van der Waals surface area contributed by atoms with E-state index in [0.717, 1.165) is 25.8 Å². The van der Waals surface area contributed by atoms with Gasteiger partial charge in [-0.2, -0.15) is 0 Å². The zero-order valence-corrected chi connectivity index (χ0v) is 27.3. The Labute approximate surface area is 230 Å². The number of ether oxygens (including phenoxy) is 1. The van der Waals surface area contributed by atoms with E-state index in [9.17, 15) is 4.79 Å².